The second kappa shape index (κ2) is 5.77. The lowest BCUT2D eigenvalue weighted by molar-refractivity contribution is 0.102. The summed E-state index contributed by atoms with van der Waals surface area (Å²) in [6, 6.07) is 0.160. The number of aromatic amines is 1. The largest absolute Gasteiger partial charge is 0.463 e. The normalized spacial score (nSPS) is 10.5. The van der Waals surface area contributed by atoms with Gasteiger partial charge >= 0.3 is 6.01 Å². The van der Waals surface area contributed by atoms with E-state index in [2.05, 4.69) is 15.2 Å². The molecule has 2 N–H and O–H groups in total. The van der Waals surface area contributed by atoms with Crippen molar-refractivity contribution < 1.29 is 27.1 Å². The van der Waals surface area contributed by atoms with Crippen LogP contribution in [0.4, 0.5) is 23.5 Å². The predicted molar refractivity (Wildman–Crippen MR) is 61.8 cm³/mol. The summed E-state index contributed by atoms with van der Waals surface area (Å²) in [7, 11) is 0. The van der Waals surface area contributed by atoms with Gasteiger partial charge in [0.15, 0.2) is 23.3 Å². The number of H-pyrrole nitrogens is 1. The Kier molecular flexibility index (Phi) is 4.05. The summed E-state index contributed by atoms with van der Waals surface area (Å²) < 4.78 is 57.1. The van der Waals surface area contributed by atoms with Gasteiger partial charge in [-0.3, -0.25) is 10.1 Å². The molecular weight excluding hydrogens is 296 g/mol. The smallest absolute Gasteiger partial charge is 0.337 e. The lowest BCUT2D eigenvalue weighted by atomic mass is 10.1. The Morgan fingerprint density at radius 3 is 2.67 bits per heavy atom. The van der Waals surface area contributed by atoms with Gasteiger partial charge in [-0.2, -0.15) is 4.98 Å². The molecule has 0 saturated heterocycles. The molecule has 10 heteroatoms. The molecule has 0 unspecified atom stereocenters. The molecule has 6 nitrogen and oxygen atoms in total. The number of hydrogen-bond donors (Lipinski definition) is 2. The molecule has 0 fully saturated rings. The number of nitrogens with zero attached hydrogens (tertiary/aromatic N) is 2. The van der Waals surface area contributed by atoms with Gasteiger partial charge < -0.3 is 4.74 Å². The third-order valence-corrected chi connectivity index (χ3v) is 2.32. The SMILES string of the molecule is CCOc1n[nH]c(NC(=O)c2cc(F)c(F)c(F)c2F)n1. The molecule has 2 aromatic rings. The van der Waals surface area contributed by atoms with Crippen LogP contribution in [0.1, 0.15) is 17.3 Å². The Balaban J connectivity index is 2.24. The van der Waals surface area contributed by atoms with Crippen molar-refractivity contribution >= 4 is 11.9 Å². The minimum atomic E-state index is -2.08. The van der Waals surface area contributed by atoms with E-state index in [0.717, 1.165) is 0 Å². The van der Waals surface area contributed by atoms with E-state index in [1.165, 1.54) is 0 Å². The van der Waals surface area contributed by atoms with Crippen LogP contribution in [-0.4, -0.2) is 27.7 Å². The molecule has 0 aliphatic carbocycles. The molecule has 1 heterocycles. The molecule has 1 amide bonds. The first-order chi connectivity index (χ1) is 9.93. The van der Waals surface area contributed by atoms with Crippen LogP contribution in [0.3, 0.4) is 0 Å². The minimum absolute atomic E-state index is 0.0789. The number of benzene rings is 1. The second-order valence-corrected chi connectivity index (χ2v) is 3.70. The third kappa shape index (κ3) is 2.93. The first-order valence-electron chi connectivity index (χ1n) is 5.63. The van der Waals surface area contributed by atoms with Gasteiger partial charge in [-0.1, -0.05) is 0 Å². The molecule has 0 atom stereocenters. The summed E-state index contributed by atoms with van der Waals surface area (Å²) in [5.74, 6) is -9.03. The number of nitrogens with one attached hydrogen (secondary N) is 2. The molecule has 1 aromatic heterocycles. The molecule has 112 valence electrons. The van der Waals surface area contributed by atoms with E-state index in [4.69, 9.17) is 4.74 Å². The van der Waals surface area contributed by atoms with Crippen LogP contribution >= 0.6 is 0 Å². The molecule has 0 aliphatic rings. The number of ether oxygens (including phenoxy) is 1. The van der Waals surface area contributed by atoms with E-state index in [9.17, 15) is 22.4 Å². The molecule has 0 spiro atoms. The Morgan fingerprint density at radius 2 is 2.00 bits per heavy atom. The summed E-state index contributed by atoms with van der Waals surface area (Å²) >= 11 is 0. The summed E-state index contributed by atoms with van der Waals surface area (Å²) in [6.07, 6.45) is 0. The first-order valence-corrected chi connectivity index (χ1v) is 5.63. The van der Waals surface area contributed by atoms with Gasteiger partial charge in [0.1, 0.15) is 0 Å². The molecule has 0 radical (unpaired) electrons. The lowest BCUT2D eigenvalue weighted by Crippen LogP contribution is -2.17. The van der Waals surface area contributed by atoms with Crippen molar-refractivity contribution in [1.82, 2.24) is 15.2 Å². The molecule has 0 aliphatic heterocycles. The van der Waals surface area contributed by atoms with Crippen molar-refractivity contribution in [3.8, 4) is 6.01 Å². The number of hydrogen-bond acceptors (Lipinski definition) is 4. The number of aromatic nitrogens is 3. The second-order valence-electron chi connectivity index (χ2n) is 3.70. The summed E-state index contributed by atoms with van der Waals surface area (Å²) in [4.78, 5) is 15.3. The number of rotatable bonds is 4. The van der Waals surface area contributed by atoms with Crippen LogP contribution in [0.5, 0.6) is 6.01 Å². The van der Waals surface area contributed by atoms with Crippen molar-refractivity contribution in [2.45, 2.75) is 6.92 Å². The van der Waals surface area contributed by atoms with Crippen LogP contribution in [0, 0.1) is 23.3 Å². The van der Waals surface area contributed by atoms with Gasteiger partial charge in [-0.25, -0.2) is 22.7 Å². The maximum absolute atomic E-state index is 13.4. The molecule has 1 aromatic carbocycles. The van der Waals surface area contributed by atoms with Gasteiger partial charge in [-0.15, -0.1) is 5.10 Å². The Hall–Kier alpha value is -2.65. The van der Waals surface area contributed by atoms with E-state index >= 15 is 0 Å². The number of amides is 1. The zero-order valence-electron chi connectivity index (χ0n) is 10.5. The highest BCUT2D eigenvalue weighted by Gasteiger charge is 2.23. The van der Waals surface area contributed by atoms with E-state index < -0.39 is 34.7 Å². The number of halogens is 4. The fourth-order valence-corrected chi connectivity index (χ4v) is 1.41. The van der Waals surface area contributed by atoms with Crippen LogP contribution < -0.4 is 10.1 Å². The molecule has 21 heavy (non-hydrogen) atoms. The zero-order chi connectivity index (χ0) is 15.6. The van der Waals surface area contributed by atoms with Crippen LogP contribution in [0.2, 0.25) is 0 Å². The molecule has 0 bridgehead atoms. The zero-order valence-corrected chi connectivity index (χ0v) is 10.5. The highest BCUT2D eigenvalue weighted by molar-refractivity contribution is 6.03. The standard InChI is InChI=1S/C11H8F4N4O2/c1-2-21-11-17-10(18-19-11)16-9(20)4-3-5(12)7(14)8(15)6(4)13/h3H,2H2,1H3,(H2,16,17,18,19,20). The quantitative estimate of drug-likeness (QED) is 0.514. The van der Waals surface area contributed by atoms with Crippen LogP contribution in [-0.2, 0) is 0 Å². The Bertz CT molecular complexity index is 689. The van der Waals surface area contributed by atoms with Crippen molar-refractivity contribution in [3.05, 3.63) is 34.9 Å². The minimum Gasteiger partial charge on any atom is -0.463 e. The van der Waals surface area contributed by atoms with E-state index in [0.29, 0.717) is 0 Å². The third-order valence-electron chi connectivity index (χ3n) is 2.32. The average Bonchev–Trinajstić information content (AvgIpc) is 2.88. The number of carbonyl (C=O) groups excluding carboxylic acids is 1. The number of carbonyl (C=O) groups is 1. The highest BCUT2D eigenvalue weighted by Crippen LogP contribution is 2.19. The van der Waals surface area contributed by atoms with Crippen LogP contribution in [0.25, 0.3) is 0 Å². The van der Waals surface area contributed by atoms with E-state index in [1.807, 2.05) is 5.32 Å². The van der Waals surface area contributed by atoms with Crippen molar-refractivity contribution in [2.24, 2.45) is 0 Å². The van der Waals surface area contributed by atoms with E-state index in [1.54, 1.807) is 6.92 Å². The van der Waals surface area contributed by atoms with Crippen molar-refractivity contribution in [1.29, 1.82) is 0 Å². The first kappa shape index (κ1) is 14.8. The summed E-state index contributed by atoms with van der Waals surface area (Å²) in [5.41, 5.74) is -1.01. The fourth-order valence-electron chi connectivity index (χ4n) is 1.41. The van der Waals surface area contributed by atoms with E-state index in [-0.39, 0.29) is 24.6 Å². The molecular formula is C11H8F4N4O2. The lowest BCUT2D eigenvalue weighted by Gasteiger charge is -2.05. The number of anilines is 1. The summed E-state index contributed by atoms with van der Waals surface area (Å²) in [5, 5.41) is 7.81. The van der Waals surface area contributed by atoms with Gasteiger partial charge in [-0.05, 0) is 13.0 Å². The van der Waals surface area contributed by atoms with Gasteiger partial charge in [0.05, 0.1) is 12.2 Å². The predicted octanol–water partition coefficient (Wildman–Crippen LogP) is 2.01. The van der Waals surface area contributed by atoms with Crippen molar-refractivity contribution in [3.63, 3.8) is 0 Å². The van der Waals surface area contributed by atoms with Crippen molar-refractivity contribution in [2.75, 3.05) is 11.9 Å². The maximum Gasteiger partial charge on any atom is 0.337 e. The highest BCUT2D eigenvalue weighted by atomic mass is 19.2. The Labute approximate surface area is 115 Å². The Morgan fingerprint density at radius 1 is 1.29 bits per heavy atom. The monoisotopic (exact) mass is 304 g/mol. The average molecular weight is 304 g/mol. The van der Waals surface area contributed by atoms with Gasteiger partial charge in [0.2, 0.25) is 5.95 Å². The fraction of sp³-hybridized carbons (Fsp3) is 0.182. The van der Waals surface area contributed by atoms with Gasteiger partial charge in [0.25, 0.3) is 5.91 Å². The van der Waals surface area contributed by atoms with Crippen LogP contribution in [0.15, 0.2) is 6.07 Å². The van der Waals surface area contributed by atoms with Gasteiger partial charge in [0, 0.05) is 0 Å². The molecule has 2 rings (SSSR count). The summed E-state index contributed by atoms with van der Waals surface area (Å²) in [6.45, 7) is 1.95. The molecule has 0 saturated carbocycles. The topological polar surface area (TPSA) is 79.9 Å². The maximum atomic E-state index is 13.4.